The van der Waals surface area contributed by atoms with Gasteiger partial charge in [-0.25, -0.2) is 0 Å². The van der Waals surface area contributed by atoms with Crippen LogP contribution in [-0.2, 0) is 10.8 Å². The highest BCUT2D eigenvalue weighted by atomic mass is 32.2. The van der Waals surface area contributed by atoms with Crippen molar-refractivity contribution in [1.82, 2.24) is 0 Å². The van der Waals surface area contributed by atoms with E-state index in [0.717, 1.165) is 33.1 Å². The summed E-state index contributed by atoms with van der Waals surface area (Å²) in [6, 6.07) is 13.5. The van der Waals surface area contributed by atoms with Crippen LogP contribution in [0.2, 0.25) is 0 Å². The molecule has 24 heavy (non-hydrogen) atoms. The van der Waals surface area contributed by atoms with Gasteiger partial charge in [0.2, 0.25) is 0 Å². The van der Waals surface area contributed by atoms with Gasteiger partial charge in [-0.3, -0.25) is 4.21 Å². The Morgan fingerprint density at radius 3 is 2.42 bits per heavy atom. The second-order valence-corrected chi connectivity index (χ2v) is 7.18. The van der Waals surface area contributed by atoms with Crippen molar-refractivity contribution in [3.05, 3.63) is 71.8 Å². The molecule has 3 nitrogen and oxygen atoms in total. The van der Waals surface area contributed by atoms with Crippen LogP contribution in [0, 0.1) is 6.92 Å². The van der Waals surface area contributed by atoms with Gasteiger partial charge in [-0.05, 0) is 42.8 Å². The maximum Gasteiger partial charge on any atom is 0.126 e. The molecule has 2 aromatic carbocycles. The van der Waals surface area contributed by atoms with Crippen LogP contribution < -0.4 is 9.47 Å². The number of ether oxygens (including phenoxy) is 2. The molecule has 2 unspecified atom stereocenters. The molecule has 0 N–H and O–H groups in total. The topological polar surface area (TPSA) is 35.5 Å². The van der Waals surface area contributed by atoms with Gasteiger partial charge in [0.1, 0.15) is 11.5 Å². The van der Waals surface area contributed by atoms with Gasteiger partial charge in [-0.1, -0.05) is 35.9 Å². The van der Waals surface area contributed by atoms with Crippen molar-refractivity contribution in [2.24, 2.45) is 0 Å². The third-order valence-electron chi connectivity index (χ3n) is 4.07. The summed E-state index contributed by atoms with van der Waals surface area (Å²) in [5.74, 6) is 1.50. The van der Waals surface area contributed by atoms with Crippen molar-refractivity contribution in [2.75, 3.05) is 14.2 Å². The lowest BCUT2D eigenvalue weighted by molar-refractivity contribution is 0.402. The highest BCUT2D eigenvalue weighted by molar-refractivity contribution is 7.86. The highest BCUT2D eigenvalue weighted by Crippen LogP contribution is 2.37. The van der Waals surface area contributed by atoms with Gasteiger partial charge < -0.3 is 9.47 Å². The number of hydrogen-bond donors (Lipinski definition) is 0. The minimum atomic E-state index is -1.17. The first-order valence-electron chi connectivity index (χ1n) is 7.72. The van der Waals surface area contributed by atoms with E-state index in [1.165, 1.54) is 0 Å². The van der Waals surface area contributed by atoms with E-state index < -0.39 is 10.8 Å². The van der Waals surface area contributed by atoms with E-state index in [2.05, 4.69) is 0 Å². The van der Waals surface area contributed by atoms with Crippen LogP contribution in [0.15, 0.2) is 65.6 Å². The van der Waals surface area contributed by atoms with E-state index in [1.807, 2.05) is 67.6 Å². The Kier molecular flexibility index (Phi) is 4.86. The normalized spacial score (nSPS) is 17.5. The molecule has 4 heteroatoms. The highest BCUT2D eigenvalue weighted by Gasteiger charge is 2.26. The fraction of sp³-hybridized carbons (Fsp3) is 0.200. The minimum Gasteiger partial charge on any atom is -0.497 e. The number of benzene rings is 2. The predicted molar refractivity (Wildman–Crippen MR) is 98.0 cm³/mol. The molecule has 0 bridgehead atoms. The SMILES string of the molecule is COc1ccc(OC)c(C2=CC=CC2S(=O)c2ccc(C)cc2)c1. The van der Waals surface area contributed by atoms with Crippen LogP contribution in [0.5, 0.6) is 11.5 Å². The summed E-state index contributed by atoms with van der Waals surface area (Å²) in [7, 11) is 2.10. The molecule has 124 valence electrons. The van der Waals surface area contributed by atoms with Gasteiger partial charge in [0.15, 0.2) is 0 Å². The van der Waals surface area contributed by atoms with Crippen LogP contribution >= 0.6 is 0 Å². The van der Waals surface area contributed by atoms with Crippen molar-refractivity contribution in [2.45, 2.75) is 17.1 Å². The number of aryl methyl sites for hydroxylation is 1. The van der Waals surface area contributed by atoms with Gasteiger partial charge in [-0.15, -0.1) is 0 Å². The Morgan fingerprint density at radius 1 is 1.00 bits per heavy atom. The first-order valence-corrected chi connectivity index (χ1v) is 8.93. The maximum absolute atomic E-state index is 13.0. The van der Waals surface area contributed by atoms with E-state index in [4.69, 9.17) is 9.47 Å². The number of allylic oxidation sites excluding steroid dienone is 2. The molecular weight excluding hydrogens is 320 g/mol. The van der Waals surface area contributed by atoms with E-state index in [1.54, 1.807) is 14.2 Å². The Balaban J connectivity index is 1.97. The van der Waals surface area contributed by atoms with Crippen LogP contribution in [0.3, 0.4) is 0 Å². The second-order valence-electron chi connectivity index (χ2n) is 5.60. The molecule has 0 saturated carbocycles. The van der Waals surface area contributed by atoms with Gasteiger partial charge in [0.05, 0.1) is 30.3 Å². The van der Waals surface area contributed by atoms with Gasteiger partial charge >= 0.3 is 0 Å². The van der Waals surface area contributed by atoms with Gasteiger partial charge in [0, 0.05) is 10.5 Å². The summed E-state index contributed by atoms with van der Waals surface area (Å²) in [6.07, 6.45) is 5.92. The number of methoxy groups -OCH3 is 2. The van der Waals surface area contributed by atoms with Crippen LogP contribution in [0.25, 0.3) is 5.57 Å². The molecular formula is C20H20O3S. The summed E-state index contributed by atoms with van der Waals surface area (Å²) >= 11 is 0. The second kappa shape index (κ2) is 7.05. The van der Waals surface area contributed by atoms with Crippen molar-refractivity contribution in [1.29, 1.82) is 0 Å². The lowest BCUT2D eigenvalue weighted by atomic mass is 10.0. The Labute approximate surface area is 145 Å². The van der Waals surface area contributed by atoms with Crippen molar-refractivity contribution >= 4 is 16.4 Å². The summed E-state index contributed by atoms with van der Waals surface area (Å²) in [5, 5.41) is -0.200. The molecule has 0 radical (unpaired) electrons. The Bertz CT molecular complexity index is 819. The van der Waals surface area contributed by atoms with Crippen LogP contribution in [0.1, 0.15) is 11.1 Å². The summed E-state index contributed by atoms with van der Waals surface area (Å²) in [4.78, 5) is 0.824. The third kappa shape index (κ3) is 3.15. The molecule has 1 aliphatic carbocycles. The van der Waals surface area contributed by atoms with Crippen molar-refractivity contribution in [3.8, 4) is 11.5 Å². The van der Waals surface area contributed by atoms with E-state index >= 15 is 0 Å². The zero-order valence-corrected chi connectivity index (χ0v) is 14.8. The quantitative estimate of drug-likeness (QED) is 0.820. The monoisotopic (exact) mass is 340 g/mol. The zero-order chi connectivity index (χ0) is 17.1. The Morgan fingerprint density at radius 2 is 1.75 bits per heavy atom. The molecule has 0 aliphatic heterocycles. The predicted octanol–water partition coefficient (Wildman–Crippen LogP) is 4.14. The summed E-state index contributed by atoms with van der Waals surface area (Å²) in [6.45, 7) is 2.02. The number of rotatable bonds is 5. The average Bonchev–Trinajstić information content (AvgIpc) is 3.10. The Hall–Kier alpha value is -2.33. The molecule has 1 aliphatic rings. The van der Waals surface area contributed by atoms with Crippen molar-refractivity contribution < 1.29 is 13.7 Å². The minimum absolute atomic E-state index is 0.200. The lowest BCUT2D eigenvalue weighted by Crippen LogP contribution is -2.13. The van der Waals surface area contributed by atoms with Crippen LogP contribution in [0.4, 0.5) is 0 Å². The lowest BCUT2D eigenvalue weighted by Gasteiger charge is -2.17. The standard InChI is InChI=1S/C20H20O3S/c1-14-7-10-16(11-8-14)24(21)20-6-4-5-17(20)18-13-15(22-2)9-12-19(18)23-3/h4-13,20H,1-3H3. The first kappa shape index (κ1) is 16.5. The van der Waals surface area contributed by atoms with E-state index in [0.29, 0.717) is 0 Å². The molecule has 3 rings (SSSR count). The maximum atomic E-state index is 13.0. The molecule has 0 amide bonds. The van der Waals surface area contributed by atoms with E-state index in [9.17, 15) is 4.21 Å². The fourth-order valence-corrected chi connectivity index (χ4v) is 4.11. The largest absolute Gasteiger partial charge is 0.497 e. The van der Waals surface area contributed by atoms with E-state index in [-0.39, 0.29) is 5.25 Å². The number of hydrogen-bond acceptors (Lipinski definition) is 3. The summed E-state index contributed by atoms with van der Waals surface area (Å²) < 4.78 is 23.9. The third-order valence-corrected chi connectivity index (χ3v) is 5.68. The van der Waals surface area contributed by atoms with Gasteiger partial charge in [-0.2, -0.15) is 0 Å². The van der Waals surface area contributed by atoms with Gasteiger partial charge in [0.25, 0.3) is 0 Å². The molecule has 0 aromatic heterocycles. The zero-order valence-electron chi connectivity index (χ0n) is 14.0. The van der Waals surface area contributed by atoms with Crippen molar-refractivity contribution in [3.63, 3.8) is 0 Å². The average molecular weight is 340 g/mol. The molecule has 2 atom stereocenters. The fourth-order valence-electron chi connectivity index (χ4n) is 2.75. The van der Waals surface area contributed by atoms with Crippen LogP contribution in [-0.4, -0.2) is 23.7 Å². The molecule has 0 saturated heterocycles. The molecule has 2 aromatic rings. The smallest absolute Gasteiger partial charge is 0.126 e. The molecule has 0 spiro atoms. The summed E-state index contributed by atoms with van der Waals surface area (Å²) in [5.41, 5.74) is 3.04. The molecule has 0 heterocycles. The molecule has 0 fully saturated rings. The first-order chi connectivity index (χ1) is 11.6.